The van der Waals surface area contributed by atoms with Gasteiger partial charge in [0.05, 0.1) is 24.7 Å². The van der Waals surface area contributed by atoms with Crippen molar-refractivity contribution < 1.29 is 47.0 Å². The van der Waals surface area contributed by atoms with Crippen molar-refractivity contribution in [1.29, 1.82) is 0 Å². The quantitative estimate of drug-likeness (QED) is 0.0276. The standard InChI is InChI=1S/C50H64N6O10S2/c1-9-33(5)45(49(61)52-34(6)50(62)63)55-48(60)44(31(2)3)54-47(59)40(53-43(57)27-51-68(64,65)42-23-15-20-38-39(42)21-14-22-41(38)56(7)8)30-67-25-24-32(4)28-66-29-35-16-13-19-37(26-35)46(58)36-17-11-10-12-18-36/h10-24,26,31,33-34,40,44-45,51H,9,25,27-30H2,1-8H3,(H,52,61)(H,53,57)(H,54,59)(H,55,60)(H,62,63)/b32-24+/t33-,34-,40-,44-,45-/m0/s1. The number of carbonyl (C=O) groups is 6. The van der Waals surface area contributed by atoms with Crippen LogP contribution in [0.3, 0.4) is 0 Å². The molecule has 0 saturated heterocycles. The molecule has 4 aromatic carbocycles. The third kappa shape index (κ3) is 15.8. The summed E-state index contributed by atoms with van der Waals surface area (Å²) in [6, 6.07) is 21.7. The van der Waals surface area contributed by atoms with Gasteiger partial charge in [0, 0.05) is 53.2 Å². The number of carbonyl (C=O) groups excluding carboxylic acids is 5. The third-order valence-corrected chi connectivity index (χ3v) is 13.6. The average Bonchev–Trinajstić information content (AvgIpc) is 3.31. The van der Waals surface area contributed by atoms with Gasteiger partial charge in [0.15, 0.2) is 5.78 Å². The topological polar surface area (TPSA) is 229 Å². The number of ether oxygens (including phenoxy) is 1. The maximum atomic E-state index is 14.1. The van der Waals surface area contributed by atoms with Gasteiger partial charge in [-0.15, -0.1) is 0 Å². The lowest BCUT2D eigenvalue weighted by Gasteiger charge is -2.29. The summed E-state index contributed by atoms with van der Waals surface area (Å²) in [5.74, 6) is -4.74. The summed E-state index contributed by atoms with van der Waals surface area (Å²) in [5, 5.41) is 21.0. The predicted molar refractivity (Wildman–Crippen MR) is 266 cm³/mol. The van der Waals surface area contributed by atoms with Crippen LogP contribution in [0, 0.1) is 11.8 Å². The van der Waals surface area contributed by atoms with Crippen molar-refractivity contribution in [2.24, 2.45) is 11.8 Å². The number of hydrogen-bond acceptors (Lipinski definition) is 11. The van der Waals surface area contributed by atoms with E-state index in [1.54, 1.807) is 63.2 Å². The van der Waals surface area contributed by atoms with E-state index in [2.05, 4.69) is 26.0 Å². The number of amides is 4. The average molecular weight is 973 g/mol. The van der Waals surface area contributed by atoms with Gasteiger partial charge in [0.25, 0.3) is 0 Å². The largest absolute Gasteiger partial charge is 0.480 e. The highest BCUT2D eigenvalue weighted by Crippen LogP contribution is 2.30. The molecule has 0 bridgehead atoms. The SMILES string of the molecule is CC[C@H](C)[C@H](NC(=O)[C@@H](NC(=O)[C@H](CSC/C=C(\C)COCc1cccc(C(=O)c2ccccc2)c1)NC(=O)CNS(=O)(=O)c1cccc2c(N(C)C)cccc12)C(C)C)C(=O)N[C@@H](C)C(=O)O. The van der Waals surface area contributed by atoms with E-state index in [4.69, 9.17) is 4.74 Å². The maximum absolute atomic E-state index is 14.1. The Morgan fingerprint density at radius 3 is 2.06 bits per heavy atom. The number of ketones is 1. The lowest BCUT2D eigenvalue weighted by atomic mass is 9.96. The second kappa shape index (κ2) is 25.9. The zero-order chi connectivity index (χ0) is 50.1. The molecule has 6 N–H and O–H groups in total. The van der Waals surface area contributed by atoms with E-state index in [-0.39, 0.29) is 29.6 Å². The molecule has 0 spiro atoms. The molecule has 18 heteroatoms. The number of aliphatic carboxylic acids is 1. The van der Waals surface area contributed by atoms with Crippen LogP contribution in [0.2, 0.25) is 0 Å². The number of rotatable bonds is 26. The summed E-state index contributed by atoms with van der Waals surface area (Å²) in [5.41, 5.74) is 3.66. The van der Waals surface area contributed by atoms with Crippen molar-refractivity contribution in [2.75, 3.05) is 43.7 Å². The number of carboxylic acid groups (broad SMARTS) is 1. The highest BCUT2D eigenvalue weighted by Gasteiger charge is 2.34. The minimum absolute atomic E-state index is 0.0191. The Morgan fingerprint density at radius 1 is 0.765 bits per heavy atom. The van der Waals surface area contributed by atoms with Crippen LogP contribution in [-0.4, -0.2) is 112 Å². The minimum Gasteiger partial charge on any atom is -0.480 e. The second-order valence-electron chi connectivity index (χ2n) is 17.1. The number of nitrogens with one attached hydrogen (secondary N) is 5. The summed E-state index contributed by atoms with van der Waals surface area (Å²) < 4.78 is 35.6. The lowest BCUT2D eigenvalue weighted by Crippen LogP contribution is -2.60. The van der Waals surface area contributed by atoms with Crippen LogP contribution >= 0.6 is 11.8 Å². The van der Waals surface area contributed by atoms with Crippen LogP contribution in [0.25, 0.3) is 10.8 Å². The Morgan fingerprint density at radius 2 is 1.40 bits per heavy atom. The van der Waals surface area contributed by atoms with Crippen molar-refractivity contribution in [3.8, 4) is 0 Å². The number of fused-ring (bicyclic) bond motifs is 1. The van der Waals surface area contributed by atoms with Gasteiger partial charge in [-0.3, -0.25) is 28.8 Å². The Hall–Kier alpha value is -6.08. The van der Waals surface area contributed by atoms with Crippen LogP contribution in [0.5, 0.6) is 0 Å². The van der Waals surface area contributed by atoms with E-state index in [0.717, 1.165) is 16.8 Å². The van der Waals surface area contributed by atoms with Gasteiger partial charge < -0.3 is 36.0 Å². The van der Waals surface area contributed by atoms with Crippen molar-refractivity contribution in [2.45, 2.75) is 83.6 Å². The normalized spacial score (nSPS) is 14.0. The molecule has 68 heavy (non-hydrogen) atoms. The van der Waals surface area contributed by atoms with Gasteiger partial charge in [-0.25, -0.2) is 13.1 Å². The Bertz CT molecular complexity index is 2550. The Labute approximate surface area is 403 Å². The molecule has 0 aliphatic rings. The molecular formula is C50H64N6O10S2. The summed E-state index contributed by atoms with van der Waals surface area (Å²) >= 11 is 1.30. The van der Waals surface area contributed by atoms with Gasteiger partial charge >= 0.3 is 5.97 Å². The van der Waals surface area contributed by atoms with Crippen LogP contribution in [0.4, 0.5) is 5.69 Å². The molecular weight excluding hydrogens is 909 g/mol. The van der Waals surface area contributed by atoms with Gasteiger partial charge in [-0.1, -0.05) is 119 Å². The monoisotopic (exact) mass is 972 g/mol. The van der Waals surface area contributed by atoms with Gasteiger partial charge in [-0.2, -0.15) is 11.8 Å². The molecule has 366 valence electrons. The summed E-state index contributed by atoms with van der Waals surface area (Å²) in [6.45, 7) is 9.96. The molecule has 0 aromatic heterocycles. The van der Waals surface area contributed by atoms with Crippen molar-refractivity contribution in [1.82, 2.24) is 26.0 Å². The fourth-order valence-electron chi connectivity index (χ4n) is 6.99. The van der Waals surface area contributed by atoms with E-state index < -0.39 is 82.2 Å². The number of thioether (sulfide) groups is 1. The number of hydrogen-bond donors (Lipinski definition) is 6. The zero-order valence-corrected chi connectivity index (χ0v) is 41.5. The molecule has 0 aliphatic carbocycles. The first-order valence-electron chi connectivity index (χ1n) is 22.4. The van der Waals surface area contributed by atoms with Crippen LogP contribution in [0.15, 0.2) is 108 Å². The fraction of sp³-hybridized carbons (Fsp3) is 0.400. The number of nitrogens with zero attached hydrogens (tertiary/aromatic N) is 1. The molecule has 0 aliphatic heterocycles. The number of anilines is 1. The molecule has 5 atom stereocenters. The fourth-order valence-corrected chi connectivity index (χ4v) is 9.20. The molecule has 0 radical (unpaired) electrons. The van der Waals surface area contributed by atoms with Gasteiger partial charge in [0.2, 0.25) is 33.7 Å². The van der Waals surface area contributed by atoms with Crippen molar-refractivity contribution in [3.05, 3.63) is 119 Å². The van der Waals surface area contributed by atoms with E-state index in [9.17, 15) is 42.3 Å². The first-order valence-corrected chi connectivity index (χ1v) is 25.0. The minimum atomic E-state index is -4.22. The van der Waals surface area contributed by atoms with E-state index in [0.29, 0.717) is 34.1 Å². The zero-order valence-electron chi connectivity index (χ0n) is 39.8. The van der Waals surface area contributed by atoms with Crippen molar-refractivity contribution in [3.63, 3.8) is 0 Å². The van der Waals surface area contributed by atoms with Crippen LogP contribution < -0.4 is 30.9 Å². The van der Waals surface area contributed by atoms with E-state index in [1.165, 1.54) is 24.8 Å². The Balaban J connectivity index is 1.46. The highest BCUT2D eigenvalue weighted by atomic mass is 32.2. The third-order valence-electron chi connectivity index (χ3n) is 11.1. The maximum Gasteiger partial charge on any atom is 0.325 e. The van der Waals surface area contributed by atoms with Gasteiger partial charge in [0.1, 0.15) is 24.2 Å². The highest BCUT2D eigenvalue weighted by molar-refractivity contribution is 7.99. The number of benzene rings is 4. The van der Waals surface area contributed by atoms with Crippen LogP contribution in [0.1, 0.15) is 69.4 Å². The number of sulfonamides is 1. The molecule has 4 rings (SSSR count). The summed E-state index contributed by atoms with van der Waals surface area (Å²) in [4.78, 5) is 80.8. The molecule has 0 heterocycles. The Kier molecular flexibility index (Phi) is 20.8. The van der Waals surface area contributed by atoms with Gasteiger partial charge in [-0.05, 0) is 49.4 Å². The first-order chi connectivity index (χ1) is 32.2. The second-order valence-corrected chi connectivity index (χ2v) is 19.9. The predicted octanol–water partition coefficient (Wildman–Crippen LogP) is 5.06. The van der Waals surface area contributed by atoms with Crippen LogP contribution in [-0.2, 0) is 45.3 Å². The summed E-state index contributed by atoms with van der Waals surface area (Å²) in [7, 11) is -0.530. The first kappa shape index (κ1) is 54.5. The number of carboxylic acids is 1. The summed E-state index contributed by atoms with van der Waals surface area (Å²) in [6.07, 6.45) is 2.38. The smallest absolute Gasteiger partial charge is 0.325 e. The molecule has 16 nitrogen and oxygen atoms in total. The lowest BCUT2D eigenvalue weighted by molar-refractivity contribution is -0.142. The molecule has 4 amide bonds. The molecule has 0 saturated carbocycles. The van der Waals surface area contributed by atoms with E-state index >= 15 is 0 Å². The molecule has 0 unspecified atom stereocenters. The van der Waals surface area contributed by atoms with Crippen molar-refractivity contribution >= 4 is 73.6 Å². The molecule has 0 fully saturated rings. The molecule has 4 aromatic rings. The van der Waals surface area contributed by atoms with E-state index in [1.807, 2.05) is 81.4 Å².